The maximum atomic E-state index is 12.5. The average molecular weight is 477 g/mol. The van der Waals surface area contributed by atoms with Crippen LogP contribution in [0.15, 0.2) is 60.7 Å². The summed E-state index contributed by atoms with van der Waals surface area (Å²) in [4.78, 5) is 12.5. The number of allylic oxidation sites excluding steroid dienone is 1. The van der Waals surface area contributed by atoms with Crippen LogP contribution in [0.5, 0.6) is 11.5 Å². The predicted molar refractivity (Wildman–Crippen MR) is 145 cm³/mol. The quantitative estimate of drug-likeness (QED) is 0.118. The Morgan fingerprint density at radius 2 is 1.49 bits per heavy atom. The standard InChI is InChI=1S/C32H44O3/c1-3-5-7-10-26-13-15-28(16-14-26)12-9-25-34-30-23-19-29(20-24-30)32(33)35-31-21-17-27(18-22-31)11-8-6-4-2/h9,12,17-24,26,28H,3-8,10-11,13-16,25H2,1-2H3. The molecular weight excluding hydrogens is 432 g/mol. The van der Waals surface area contributed by atoms with Crippen LogP contribution in [0.2, 0.25) is 0 Å². The smallest absolute Gasteiger partial charge is 0.343 e. The molecule has 3 nitrogen and oxygen atoms in total. The van der Waals surface area contributed by atoms with Crippen LogP contribution in [0.4, 0.5) is 0 Å². The molecule has 0 bridgehead atoms. The molecule has 0 N–H and O–H groups in total. The molecule has 3 heteroatoms. The molecular formula is C32H44O3. The van der Waals surface area contributed by atoms with Crippen LogP contribution < -0.4 is 9.47 Å². The zero-order valence-electron chi connectivity index (χ0n) is 21.8. The van der Waals surface area contributed by atoms with Crippen molar-refractivity contribution in [3.05, 3.63) is 71.8 Å². The molecule has 0 aliphatic heterocycles. The van der Waals surface area contributed by atoms with E-state index < -0.39 is 0 Å². The first-order valence-electron chi connectivity index (χ1n) is 13.9. The molecule has 0 heterocycles. The molecule has 0 spiro atoms. The third-order valence-electron chi connectivity index (χ3n) is 7.15. The summed E-state index contributed by atoms with van der Waals surface area (Å²) in [6.45, 7) is 5.05. The van der Waals surface area contributed by atoms with Crippen molar-refractivity contribution in [1.29, 1.82) is 0 Å². The number of benzene rings is 2. The molecule has 1 fully saturated rings. The third kappa shape index (κ3) is 9.92. The van der Waals surface area contributed by atoms with Crippen molar-refractivity contribution in [1.82, 2.24) is 0 Å². The first-order valence-corrected chi connectivity index (χ1v) is 13.9. The van der Waals surface area contributed by atoms with E-state index in [4.69, 9.17) is 9.47 Å². The van der Waals surface area contributed by atoms with Crippen LogP contribution in [0.3, 0.4) is 0 Å². The van der Waals surface area contributed by atoms with Gasteiger partial charge in [0.05, 0.1) is 5.56 Å². The fourth-order valence-electron chi connectivity index (χ4n) is 4.90. The van der Waals surface area contributed by atoms with Crippen LogP contribution in [0, 0.1) is 11.8 Å². The molecule has 35 heavy (non-hydrogen) atoms. The second kappa shape index (κ2) is 15.4. The van der Waals surface area contributed by atoms with E-state index in [0.29, 0.717) is 23.8 Å². The van der Waals surface area contributed by atoms with Crippen LogP contribution in [0.25, 0.3) is 0 Å². The van der Waals surface area contributed by atoms with Gasteiger partial charge in [-0.25, -0.2) is 4.79 Å². The topological polar surface area (TPSA) is 35.5 Å². The van der Waals surface area contributed by atoms with E-state index in [0.717, 1.165) is 18.1 Å². The highest BCUT2D eigenvalue weighted by atomic mass is 16.5. The van der Waals surface area contributed by atoms with Gasteiger partial charge in [-0.2, -0.15) is 0 Å². The van der Waals surface area contributed by atoms with E-state index in [1.807, 2.05) is 36.4 Å². The first-order chi connectivity index (χ1) is 17.2. The lowest BCUT2D eigenvalue weighted by Crippen LogP contribution is -2.13. The number of ether oxygens (including phenoxy) is 2. The summed E-state index contributed by atoms with van der Waals surface area (Å²) in [7, 11) is 0. The molecule has 2 aromatic rings. The van der Waals surface area contributed by atoms with E-state index in [1.165, 1.54) is 76.2 Å². The van der Waals surface area contributed by atoms with Gasteiger partial charge in [0.1, 0.15) is 18.1 Å². The zero-order chi connectivity index (χ0) is 24.7. The molecule has 190 valence electrons. The van der Waals surface area contributed by atoms with Crippen molar-refractivity contribution < 1.29 is 14.3 Å². The Kier molecular flexibility index (Phi) is 11.9. The first kappa shape index (κ1) is 27.0. The lowest BCUT2D eigenvalue weighted by Gasteiger charge is -2.26. The Bertz CT molecular complexity index is 874. The van der Waals surface area contributed by atoms with E-state index in [9.17, 15) is 4.79 Å². The Morgan fingerprint density at radius 1 is 0.829 bits per heavy atom. The van der Waals surface area contributed by atoms with E-state index in [2.05, 4.69) is 26.0 Å². The lowest BCUT2D eigenvalue weighted by molar-refractivity contribution is 0.0734. The maximum absolute atomic E-state index is 12.5. The lowest BCUT2D eigenvalue weighted by atomic mass is 9.79. The molecule has 0 unspecified atom stereocenters. The molecule has 0 saturated heterocycles. The number of aryl methyl sites for hydroxylation is 1. The van der Waals surface area contributed by atoms with Crippen molar-refractivity contribution in [3.8, 4) is 11.5 Å². The van der Waals surface area contributed by atoms with Gasteiger partial charge in [0, 0.05) is 0 Å². The summed E-state index contributed by atoms with van der Waals surface area (Å²) >= 11 is 0. The summed E-state index contributed by atoms with van der Waals surface area (Å²) < 4.78 is 11.4. The van der Waals surface area contributed by atoms with Crippen molar-refractivity contribution in [2.75, 3.05) is 6.61 Å². The number of unbranched alkanes of at least 4 members (excludes halogenated alkanes) is 4. The van der Waals surface area contributed by atoms with Gasteiger partial charge in [0.2, 0.25) is 0 Å². The Labute approximate surface area is 212 Å². The minimum Gasteiger partial charge on any atom is -0.490 e. The fourth-order valence-corrected chi connectivity index (χ4v) is 4.90. The third-order valence-corrected chi connectivity index (χ3v) is 7.15. The highest BCUT2D eigenvalue weighted by Crippen LogP contribution is 2.32. The normalized spacial score (nSPS) is 18.0. The highest BCUT2D eigenvalue weighted by Gasteiger charge is 2.18. The van der Waals surface area contributed by atoms with Gasteiger partial charge < -0.3 is 9.47 Å². The molecule has 1 aliphatic rings. The molecule has 1 aliphatic carbocycles. The van der Waals surface area contributed by atoms with Crippen molar-refractivity contribution >= 4 is 5.97 Å². The van der Waals surface area contributed by atoms with Crippen molar-refractivity contribution in [2.45, 2.75) is 90.9 Å². The van der Waals surface area contributed by atoms with Gasteiger partial charge in [-0.3, -0.25) is 0 Å². The molecule has 0 atom stereocenters. The Hall–Kier alpha value is -2.55. The molecule has 0 amide bonds. The second-order valence-electron chi connectivity index (χ2n) is 10.0. The molecule has 0 aromatic heterocycles. The van der Waals surface area contributed by atoms with Crippen LogP contribution in [-0.4, -0.2) is 12.6 Å². The van der Waals surface area contributed by atoms with Gasteiger partial charge >= 0.3 is 5.97 Å². The fraction of sp³-hybridized carbons (Fsp3) is 0.531. The second-order valence-corrected chi connectivity index (χ2v) is 10.0. The number of carbonyl (C=O) groups excluding carboxylic acids is 1. The minimum absolute atomic E-state index is 0.347. The van der Waals surface area contributed by atoms with Gasteiger partial charge in [0.15, 0.2) is 0 Å². The SMILES string of the molecule is CCCCCc1ccc(OC(=O)c2ccc(OCC=CC3CCC(CCCCC)CC3)cc2)cc1. The van der Waals surface area contributed by atoms with Gasteiger partial charge in [0.25, 0.3) is 0 Å². The van der Waals surface area contributed by atoms with Crippen molar-refractivity contribution in [3.63, 3.8) is 0 Å². The Morgan fingerprint density at radius 3 is 2.17 bits per heavy atom. The zero-order valence-corrected chi connectivity index (χ0v) is 21.8. The molecule has 0 radical (unpaired) electrons. The summed E-state index contributed by atoms with van der Waals surface area (Å²) in [5.74, 6) is 2.64. The van der Waals surface area contributed by atoms with Gasteiger partial charge in [-0.05, 0) is 92.3 Å². The number of rotatable bonds is 14. The van der Waals surface area contributed by atoms with E-state index in [1.54, 1.807) is 12.1 Å². The largest absolute Gasteiger partial charge is 0.490 e. The van der Waals surface area contributed by atoms with Crippen LogP contribution >= 0.6 is 0 Å². The van der Waals surface area contributed by atoms with Crippen LogP contribution in [-0.2, 0) is 6.42 Å². The van der Waals surface area contributed by atoms with Gasteiger partial charge in [-0.15, -0.1) is 0 Å². The monoisotopic (exact) mass is 476 g/mol. The summed E-state index contributed by atoms with van der Waals surface area (Å²) in [5.41, 5.74) is 1.81. The number of hydrogen-bond donors (Lipinski definition) is 0. The molecule has 2 aromatic carbocycles. The Balaban J connectivity index is 1.35. The summed E-state index contributed by atoms with van der Waals surface area (Å²) in [6.07, 6.45) is 20.1. The number of esters is 1. The van der Waals surface area contributed by atoms with Gasteiger partial charge in [-0.1, -0.05) is 76.7 Å². The van der Waals surface area contributed by atoms with Crippen LogP contribution in [0.1, 0.15) is 100 Å². The average Bonchev–Trinajstić information content (AvgIpc) is 2.89. The van der Waals surface area contributed by atoms with E-state index in [-0.39, 0.29) is 5.97 Å². The maximum Gasteiger partial charge on any atom is 0.343 e. The van der Waals surface area contributed by atoms with Crippen molar-refractivity contribution in [2.24, 2.45) is 11.8 Å². The summed E-state index contributed by atoms with van der Waals surface area (Å²) in [6, 6.07) is 15.0. The predicted octanol–water partition coefficient (Wildman–Crippen LogP) is 8.96. The summed E-state index contributed by atoms with van der Waals surface area (Å²) in [5, 5.41) is 0. The number of hydrogen-bond acceptors (Lipinski definition) is 3. The highest BCUT2D eigenvalue weighted by molar-refractivity contribution is 5.91. The minimum atomic E-state index is -0.347. The molecule has 1 saturated carbocycles. The van der Waals surface area contributed by atoms with E-state index >= 15 is 0 Å². The molecule has 3 rings (SSSR count). The number of carbonyl (C=O) groups is 1.